The minimum absolute atomic E-state index is 0.0160. The summed E-state index contributed by atoms with van der Waals surface area (Å²) in [6.07, 6.45) is 0. The summed E-state index contributed by atoms with van der Waals surface area (Å²) in [5.41, 5.74) is 2.94. The SMILES string of the molecule is CP(=O)(O)c1cc(C(=O)OCc2ccccc2)cc(CN2CCN(Cc3cc(C(=O)OCc4ccccc4)cc(P(C)(=O)O)n3)CCN(Cc3cc(C(=O)OCc4ccccc4)cc(P(C)(=O)O)n3)CC2)n1. The number of nitrogens with zero attached hydrogens (tertiary/aromatic N) is 6. The first-order valence-corrected chi connectivity index (χ1v) is 29.3. The van der Waals surface area contributed by atoms with Gasteiger partial charge in [0, 0.05) is 78.9 Å². The van der Waals surface area contributed by atoms with Gasteiger partial charge in [0.25, 0.3) is 0 Å². The van der Waals surface area contributed by atoms with E-state index in [1.54, 1.807) is 0 Å². The van der Waals surface area contributed by atoms with Gasteiger partial charge >= 0.3 is 17.9 Å². The number of benzene rings is 3. The molecule has 3 aromatic carbocycles. The normalized spacial score (nSPS) is 16.4. The van der Waals surface area contributed by atoms with Crippen LogP contribution in [0, 0.1) is 0 Å². The monoisotopic (exact) mass is 1040 g/mol. The zero-order valence-corrected chi connectivity index (χ0v) is 42.8. The van der Waals surface area contributed by atoms with Gasteiger partial charge in [0.1, 0.15) is 36.1 Å². The van der Waals surface area contributed by atoms with Crippen molar-refractivity contribution in [1.29, 1.82) is 0 Å². The summed E-state index contributed by atoms with van der Waals surface area (Å²) in [5.74, 6) is -2.10. The number of rotatable bonds is 18. The molecule has 1 saturated heterocycles. The molecule has 3 aromatic heterocycles. The predicted octanol–water partition coefficient (Wildman–Crippen LogP) is 5.34. The molecule has 3 atom stereocenters. The lowest BCUT2D eigenvalue weighted by molar-refractivity contribution is 0.0463. The van der Waals surface area contributed by atoms with Gasteiger partial charge in [-0.1, -0.05) is 91.0 Å². The molecule has 1 fully saturated rings. The van der Waals surface area contributed by atoms with E-state index in [9.17, 15) is 42.8 Å². The van der Waals surface area contributed by atoms with E-state index >= 15 is 0 Å². The molecule has 6 aromatic rings. The quantitative estimate of drug-likeness (QED) is 0.0559. The first kappa shape index (κ1) is 53.8. The van der Waals surface area contributed by atoms with E-state index in [1.165, 1.54) is 36.4 Å². The maximum absolute atomic E-state index is 13.4. The molecular formula is C51H57N6O12P3. The van der Waals surface area contributed by atoms with Gasteiger partial charge in [-0.2, -0.15) is 0 Å². The Morgan fingerprint density at radius 2 is 0.667 bits per heavy atom. The highest BCUT2D eigenvalue weighted by molar-refractivity contribution is 7.65. The van der Waals surface area contributed by atoms with Crippen LogP contribution in [0.3, 0.4) is 0 Å². The topological polar surface area (TPSA) is 239 Å². The van der Waals surface area contributed by atoms with E-state index in [-0.39, 0.29) is 72.5 Å². The van der Waals surface area contributed by atoms with Crippen molar-refractivity contribution in [3.05, 3.63) is 178 Å². The summed E-state index contributed by atoms with van der Waals surface area (Å²) < 4.78 is 56.0. The number of ether oxygens (including phenoxy) is 3. The average molecular weight is 1040 g/mol. The second kappa shape index (κ2) is 24.1. The number of hydrogen-bond acceptors (Lipinski definition) is 15. The van der Waals surface area contributed by atoms with E-state index in [0.717, 1.165) is 36.7 Å². The number of carbonyl (C=O) groups is 3. The molecule has 0 aliphatic carbocycles. The Morgan fingerprint density at radius 3 is 0.889 bits per heavy atom. The number of aromatic nitrogens is 3. The lowest BCUT2D eigenvalue weighted by Gasteiger charge is -2.26. The van der Waals surface area contributed by atoms with Crippen molar-refractivity contribution in [3.63, 3.8) is 0 Å². The second-order valence-corrected chi connectivity index (χ2v) is 24.4. The maximum Gasteiger partial charge on any atom is 0.338 e. The Morgan fingerprint density at radius 1 is 0.431 bits per heavy atom. The minimum Gasteiger partial charge on any atom is -0.457 e. The third-order valence-electron chi connectivity index (χ3n) is 11.6. The van der Waals surface area contributed by atoms with Gasteiger partial charge < -0.3 is 28.9 Å². The van der Waals surface area contributed by atoms with Crippen LogP contribution in [0.15, 0.2) is 127 Å². The van der Waals surface area contributed by atoms with Crippen molar-refractivity contribution < 1.29 is 57.0 Å². The van der Waals surface area contributed by atoms with Crippen LogP contribution < -0.4 is 16.3 Å². The molecule has 72 heavy (non-hydrogen) atoms. The highest BCUT2D eigenvalue weighted by Gasteiger charge is 2.27. The van der Waals surface area contributed by atoms with Crippen LogP contribution in [0.5, 0.6) is 0 Å². The van der Waals surface area contributed by atoms with Gasteiger partial charge in [-0.25, -0.2) is 29.3 Å². The summed E-state index contributed by atoms with van der Waals surface area (Å²) in [7, 11) is -11.9. The summed E-state index contributed by atoms with van der Waals surface area (Å²) in [6.45, 7) is 6.10. The molecule has 0 saturated carbocycles. The number of hydrogen-bond donors (Lipinski definition) is 3. The summed E-state index contributed by atoms with van der Waals surface area (Å²) in [6, 6.07) is 35.7. The van der Waals surface area contributed by atoms with Crippen molar-refractivity contribution in [2.45, 2.75) is 39.5 Å². The van der Waals surface area contributed by atoms with E-state index in [4.69, 9.17) is 14.2 Å². The molecule has 3 N–H and O–H groups in total. The maximum atomic E-state index is 13.4. The van der Waals surface area contributed by atoms with Crippen LogP contribution in [-0.2, 0) is 67.4 Å². The summed E-state index contributed by atoms with van der Waals surface area (Å²) in [4.78, 5) is 92.2. The van der Waals surface area contributed by atoms with Crippen LogP contribution in [0.2, 0.25) is 0 Å². The molecule has 0 bridgehead atoms. The number of carbonyl (C=O) groups excluding carboxylic acids is 3. The first-order chi connectivity index (χ1) is 34.2. The Labute approximate surface area is 418 Å². The fourth-order valence-electron chi connectivity index (χ4n) is 7.71. The van der Waals surface area contributed by atoms with Crippen molar-refractivity contribution in [1.82, 2.24) is 29.7 Å². The van der Waals surface area contributed by atoms with Crippen LogP contribution in [0.1, 0.15) is 64.8 Å². The zero-order valence-electron chi connectivity index (χ0n) is 40.2. The van der Waals surface area contributed by atoms with Gasteiger partial charge in [0.05, 0.1) is 33.8 Å². The van der Waals surface area contributed by atoms with E-state index in [2.05, 4.69) is 15.0 Å². The van der Waals surface area contributed by atoms with Crippen LogP contribution >= 0.6 is 22.1 Å². The predicted molar refractivity (Wildman–Crippen MR) is 271 cm³/mol. The van der Waals surface area contributed by atoms with Crippen molar-refractivity contribution in [3.8, 4) is 0 Å². The van der Waals surface area contributed by atoms with Crippen molar-refractivity contribution in [2.75, 3.05) is 59.3 Å². The molecule has 18 nitrogen and oxygen atoms in total. The van der Waals surface area contributed by atoms with Crippen molar-refractivity contribution >= 4 is 56.3 Å². The summed E-state index contributed by atoms with van der Waals surface area (Å²) in [5, 5.41) is 0. The number of esters is 3. The molecule has 378 valence electrons. The minimum atomic E-state index is -3.97. The molecule has 3 unspecified atom stereocenters. The van der Waals surface area contributed by atoms with Gasteiger partial charge in [-0.05, 0) is 53.1 Å². The van der Waals surface area contributed by atoms with E-state index in [1.807, 2.05) is 106 Å². The Bertz CT molecular complexity index is 2670. The Kier molecular flexibility index (Phi) is 18.0. The molecule has 7 rings (SSSR count). The smallest absolute Gasteiger partial charge is 0.338 e. The van der Waals surface area contributed by atoms with Gasteiger partial charge in [0.2, 0.25) is 22.1 Å². The third kappa shape index (κ3) is 16.0. The fraction of sp³-hybridized carbons (Fsp3) is 0.294. The molecule has 1 aliphatic heterocycles. The fourth-order valence-corrected chi connectivity index (χ4v) is 9.79. The van der Waals surface area contributed by atoms with Gasteiger partial charge in [-0.3, -0.25) is 28.4 Å². The Balaban J connectivity index is 1.18. The lowest BCUT2D eigenvalue weighted by Crippen LogP contribution is -2.36. The first-order valence-electron chi connectivity index (χ1n) is 23.0. The second-order valence-electron chi connectivity index (χ2n) is 17.8. The van der Waals surface area contributed by atoms with Crippen LogP contribution in [0.25, 0.3) is 0 Å². The van der Waals surface area contributed by atoms with Gasteiger partial charge in [-0.15, -0.1) is 0 Å². The highest BCUT2D eigenvalue weighted by Crippen LogP contribution is 2.35. The lowest BCUT2D eigenvalue weighted by atomic mass is 10.2. The highest BCUT2D eigenvalue weighted by atomic mass is 31.2. The average Bonchev–Trinajstić information content (AvgIpc) is 3.44. The molecule has 4 heterocycles. The van der Waals surface area contributed by atoms with Crippen molar-refractivity contribution in [2.24, 2.45) is 0 Å². The largest absolute Gasteiger partial charge is 0.457 e. The molecule has 0 amide bonds. The zero-order chi connectivity index (χ0) is 51.5. The summed E-state index contributed by atoms with van der Waals surface area (Å²) >= 11 is 0. The van der Waals surface area contributed by atoms with Crippen LogP contribution in [-0.4, -0.2) is 122 Å². The molecule has 0 spiro atoms. The molecule has 1 aliphatic rings. The van der Waals surface area contributed by atoms with Crippen LogP contribution in [0.4, 0.5) is 0 Å². The molecular weight excluding hydrogens is 982 g/mol. The van der Waals surface area contributed by atoms with E-state index < -0.39 is 40.0 Å². The standard InChI is InChI=1S/C51H57N6O12P3/c1-70(61,62)46-28-40(49(58)67-34-37-13-7-4-8-14-37)25-43(52-46)31-55-19-21-56(32-44-26-41(29-47(53-44)71(2,63)64)50(59)68-35-38-15-9-5-10-16-38)23-24-57(22-20-55)33-45-27-42(30-48(54-45)72(3,65)66)51(60)69-36-39-17-11-6-12-18-39/h4-18,25-30H,19-24,31-36H2,1-3H3,(H,61,62)(H,63,64)(H,65,66). The van der Waals surface area contributed by atoms with Gasteiger partial charge in [0.15, 0.2) is 0 Å². The molecule has 21 heteroatoms. The molecule has 0 radical (unpaired) electrons. The number of pyridine rings is 3. The Hall–Kier alpha value is -6.03. The third-order valence-corrected chi connectivity index (χ3v) is 14.8. The van der Waals surface area contributed by atoms with E-state index in [0.29, 0.717) is 56.4 Å².